The molecule has 1 aliphatic carbocycles. The Balaban J connectivity index is 2.09. The molecule has 1 unspecified atom stereocenters. The summed E-state index contributed by atoms with van der Waals surface area (Å²) in [4.78, 5) is 21.7. The predicted molar refractivity (Wildman–Crippen MR) is 72.1 cm³/mol. The van der Waals surface area contributed by atoms with Crippen molar-refractivity contribution < 1.29 is 9.90 Å². The lowest BCUT2D eigenvalue weighted by Gasteiger charge is -2.17. The van der Waals surface area contributed by atoms with Gasteiger partial charge in [0, 0.05) is 4.88 Å². The van der Waals surface area contributed by atoms with Gasteiger partial charge >= 0.3 is 0 Å². The van der Waals surface area contributed by atoms with Crippen LogP contribution in [-0.4, -0.2) is 22.0 Å². The monoisotopic (exact) mass is 276 g/mol. The highest BCUT2D eigenvalue weighted by atomic mass is 32.1. The zero-order valence-electron chi connectivity index (χ0n) is 10.6. The molecule has 0 saturated heterocycles. The molecule has 1 atom stereocenters. The van der Waals surface area contributed by atoms with E-state index in [4.69, 9.17) is 0 Å². The van der Waals surface area contributed by atoms with Crippen LogP contribution < -0.4 is 10.4 Å². The smallest absolute Gasteiger partial charge is 0.138 e. The van der Waals surface area contributed by atoms with E-state index in [9.17, 15) is 9.90 Å². The minimum absolute atomic E-state index is 0.612. The van der Waals surface area contributed by atoms with Crippen LogP contribution in [0.5, 0.6) is 0 Å². The molecule has 3 rings (SSSR count). The van der Waals surface area contributed by atoms with Crippen LogP contribution in [0.2, 0.25) is 0 Å². The van der Waals surface area contributed by atoms with Gasteiger partial charge in [-0.3, -0.25) is 0 Å². The van der Waals surface area contributed by atoms with E-state index in [1.165, 1.54) is 29.6 Å². The van der Waals surface area contributed by atoms with E-state index in [1.54, 1.807) is 18.3 Å². The standard InChI is InChI=1S/C13H15N3O2S/c1-7(13(17)18)16-11-10-8-4-2-3-5-9(8)19-12(10)15-6-14-11/h6-7H,2-5H2,1H3,(H,17,18)(H,14,15,16)/p-1. The molecule has 100 valence electrons. The molecule has 1 N–H and O–H groups in total. The molecule has 2 heterocycles. The molecule has 0 bridgehead atoms. The Hall–Kier alpha value is -1.69. The number of carboxylic acid groups (broad SMARTS) is 1. The molecule has 1 aliphatic rings. The van der Waals surface area contributed by atoms with Crippen LogP contribution in [0.3, 0.4) is 0 Å². The number of fused-ring (bicyclic) bond motifs is 3. The molecule has 0 fully saturated rings. The second kappa shape index (κ2) is 4.77. The lowest BCUT2D eigenvalue weighted by atomic mass is 9.97. The van der Waals surface area contributed by atoms with Crippen molar-refractivity contribution in [1.29, 1.82) is 0 Å². The molecule has 0 saturated carbocycles. The van der Waals surface area contributed by atoms with E-state index < -0.39 is 12.0 Å². The molecular weight excluding hydrogens is 262 g/mol. The van der Waals surface area contributed by atoms with E-state index in [0.29, 0.717) is 5.82 Å². The average Bonchev–Trinajstić information content (AvgIpc) is 2.77. The van der Waals surface area contributed by atoms with Crippen LogP contribution in [0.1, 0.15) is 30.2 Å². The fourth-order valence-corrected chi connectivity index (χ4v) is 3.69. The second-order valence-electron chi connectivity index (χ2n) is 4.80. The largest absolute Gasteiger partial charge is 0.548 e. The molecule has 5 nitrogen and oxygen atoms in total. The van der Waals surface area contributed by atoms with Crippen LogP contribution >= 0.6 is 11.3 Å². The second-order valence-corrected chi connectivity index (χ2v) is 5.88. The molecule has 6 heteroatoms. The third-order valence-corrected chi connectivity index (χ3v) is 4.66. The number of hydrogen-bond donors (Lipinski definition) is 1. The van der Waals surface area contributed by atoms with Gasteiger partial charge in [0.1, 0.15) is 17.0 Å². The van der Waals surface area contributed by atoms with Crippen LogP contribution in [0.15, 0.2) is 6.33 Å². The maximum absolute atomic E-state index is 10.9. The Bertz CT molecular complexity index is 638. The van der Waals surface area contributed by atoms with Crippen molar-refractivity contribution in [3.63, 3.8) is 0 Å². The predicted octanol–water partition coefficient (Wildman–Crippen LogP) is 1.12. The number of aryl methyl sites for hydroxylation is 2. The molecule has 2 aromatic heterocycles. The lowest BCUT2D eigenvalue weighted by Crippen LogP contribution is -2.38. The first-order valence-corrected chi connectivity index (χ1v) is 7.21. The first-order valence-electron chi connectivity index (χ1n) is 6.39. The van der Waals surface area contributed by atoms with Crippen molar-refractivity contribution in [2.45, 2.75) is 38.6 Å². The van der Waals surface area contributed by atoms with Gasteiger partial charge in [-0.05, 0) is 38.2 Å². The summed E-state index contributed by atoms with van der Waals surface area (Å²) in [5.41, 5.74) is 1.29. The number of hydrogen-bond acceptors (Lipinski definition) is 6. The summed E-state index contributed by atoms with van der Waals surface area (Å²) in [6.07, 6.45) is 5.98. The van der Waals surface area contributed by atoms with Gasteiger partial charge in [-0.2, -0.15) is 0 Å². The molecule has 0 amide bonds. The third-order valence-electron chi connectivity index (χ3n) is 3.46. The fourth-order valence-electron chi connectivity index (χ4n) is 2.46. The number of anilines is 1. The quantitative estimate of drug-likeness (QED) is 0.909. The topological polar surface area (TPSA) is 77.9 Å². The van der Waals surface area contributed by atoms with Gasteiger partial charge in [-0.25, -0.2) is 9.97 Å². The van der Waals surface area contributed by atoms with Gasteiger partial charge in [0.05, 0.1) is 17.4 Å². The average molecular weight is 276 g/mol. The molecule has 0 aliphatic heterocycles. The van der Waals surface area contributed by atoms with E-state index >= 15 is 0 Å². The molecule has 0 aromatic carbocycles. The van der Waals surface area contributed by atoms with Crippen LogP contribution in [0.4, 0.5) is 5.82 Å². The van der Waals surface area contributed by atoms with E-state index in [0.717, 1.165) is 23.1 Å². The van der Waals surface area contributed by atoms with E-state index in [2.05, 4.69) is 15.3 Å². The van der Waals surface area contributed by atoms with Crippen molar-refractivity contribution in [2.75, 3.05) is 5.32 Å². The number of aliphatic carboxylic acids is 1. The number of carbonyl (C=O) groups is 1. The Morgan fingerprint density at radius 3 is 3.00 bits per heavy atom. The maximum Gasteiger partial charge on any atom is 0.138 e. The van der Waals surface area contributed by atoms with Crippen molar-refractivity contribution in [3.8, 4) is 0 Å². The van der Waals surface area contributed by atoms with Gasteiger partial charge in [-0.1, -0.05) is 0 Å². The summed E-state index contributed by atoms with van der Waals surface area (Å²) >= 11 is 1.70. The third kappa shape index (κ3) is 2.16. The Kier molecular flexibility index (Phi) is 3.10. The minimum Gasteiger partial charge on any atom is -0.548 e. The Labute approximate surface area is 114 Å². The summed E-state index contributed by atoms with van der Waals surface area (Å²) < 4.78 is 0. The first kappa shape index (κ1) is 12.3. The molecule has 0 radical (unpaired) electrons. The summed E-state index contributed by atoms with van der Waals surface area (Å²) in [7, 11) is 0. The lowest BCUT2D eigenvalue weighted by molar-refractivity contribution is -0.306. The van der Waals surface area contributed by atoms with Crippen molar-refractivity contribution in [1.82, 2.24) is 9.97 Å². The highest BCUT2D eigenvalue weighted by Crippen LogP contribution is 2.38. The number of aromatic nitrogens is 2. The van der Waals surface area contributed by atoms with Crippen molar-refractivity contribution in [2.24, 2.45) is 0 Å². The molecular formula is C13H14N3O2S-. The highest BCUT2D eigenvalue weighted by molar-refractivity contribution is 7.19. The number of nitrogens with zero attached hydrogens (tertiary/aromatic N) is 2. The number of carbonyl (C=O) groups excluding carboxylic acids is 1. The van der Waals surface area contributed by atoms with E-state index in [1.807, 2.05) is 0 Å². The number of carboxylic acids is 1. The van der Waals surface area contributed by atoms with Gasteiger partial charge < -0.3 is 15.2 Å². The Morgan fingerprint density at radius 2 is 2.21 bits per heavy atom. The number of rotatable bonds is 3. The van der Waals surface area contributed by atoms with Gasteiger partial charge in [0.15, 0.2) is 0 Å². The van der Waals surface area contributed by atoms with Crippen molar-refractivity contribution in [3.05, 3.63) is 16.8 Å². The van der Waals surface area contributed by atoms with Crippen molar-refractivity contribution >= 4 is 33.3 Å². The van der Waals surface area contributed by atoms with Gasteiger partial charge in [0.2, 0.25) is 0 Å². The SMILES string of the molecule is CC(Nc1ncnc2sc3c(c12)CCCC3)C(=O)[O-]. The van der Waals surface area contributed by atoms with Gasteiger partial charge in [0.25, 0.3) is 0 Å². The highest BCUT2D eigenvalue weighted by Gasteiger charge is 2.20. The van der Waals surface area contributed by atoms with Crippen LogP contribution in [0.25, 0.3) is 10.2 Å². The zero-order valence-corrected chi connectivity index (χ0v) is 11.4. The minimum atomic E-state index is -1.13. The van der Waals surface area contributed by atoms with Crippen LogP contribution in [-0.2, 0) is 17.6 Å². The first-order chi connectivity index (χ1) is 9.16. The fraction of sp³-hybridized carbons (Fsp3) is 0.462. The molecule has 2 aromatic rings. The summed E-state index contributed by atoms with van der Waals surface area (Å²) in [5.74, 6) is -0.517. The summed E-state index contributed by atoms with van der Waals surface area (Å²) in [6, 6.07) is -0.766. The van der Waals surface area contributed by atoms with Gasteiger partial charge in [-0.15, -0.1) is 11.3 Å². The zero-order chi connectivity index (χ0) is 13.4. The summed E-state index contributed by atoms with van der Waals surface area (Å²) in [5, 5.41) is 14.8. The van der Waals surface area contributed by atoms with Crippen LogP contribution in [0, 0.1) is 0 Å². The number of thiophene rings is 1. The maximum atomic E-state index is 10.9. The number of nitrogens with one attached hydrogen (secondary N) is 1. The molecule has 0 spiro atoms. The normalized spacial score (nSPS) is 16.1. The summed E-state index contributed by atoms with van der Waals surface area (Å²) in [6.45, 7) is 1.56. The Morgan fingerprint density at radius 1 is 1.42 bits per heavy atom. The van der Waals surface area contributed by atoms with E-state index in [-0.39, 0.29) is 0 Å². The molecule has 19 heavy (non-hydrogen) atoms.